The fourth-order valence-corrected chi connectivity index (χ4v) is 4.24. The number of benzene rings is 2. The molecule has 1 aliphatic heterocycles. The first-order chi connectivity index (χ1) is 13.9. The molecule has 0 unspecified atom stereocenters. The number of nitrogens with zero attached hydrogens (tertiary/aromatic N) is 2. The van der Waals surface area contributed by atoms with Crippen LogP contribution in [0.4, 0.5) is 11.4 Å². The molecule has 146 valence electrons. The van der Waals surface area contributed by atoms with Crippen molar-refractivity contribution in [1.29, 1.82) is 0 Å². The fraction of sp³-hybridized carbons (Fsp3) is 0.0500. The van der Waals surface area contributed by atoms with Crippen LogP contribution in [0, 0.1) is 0 Å². The Labute approximate surface area is 182 Å². The van der Waals surface area contributed by atoms with Crippen molar-refractivity contribution in [3.8, 4) is 5.88 Å². The number of anilines is 1. The van der Waals surface area contributed by atoms with Gasteiger partial charge in [-0.25, -0.2) is 0 Å². The summed E-state index contributed by atoms with van der Waals surface area (Å²) in [5, 5.41) is 13.5. The van der Waals surface area contributed by atoms with E-state index in [2.05, 4.69) is 26.2 Å². The third kappa shape index (κ3) is 4.05. The predicted molar refractivity (Wildman–Crippen MR) is 120 cm³/mol. The largest absolute Gasteiger partial charge is 0.493 e. The highest BCUT2D eigenvalue weighted by atomic mass is 79.9. The molecule has 0 fully saturated rings. The van der Waals surface area contributed by atoms with Crippen molar-refractivity contribution >= 4 is 74.0 Å². The molecule has 0 saturated carbocycles. The van der Waals surface area contributed by atoms with Gasteiger partial charge in [0, 0.05) is 21.8 Å². The summed E-state index contributed by atoms with van der Waals surface area (Å²) in [7, 11) is 0. The lowest BCUT2D eigenvalue weighted by Crippen LogP contribution is -2.24. The second-order valence-corrected chi connectivity index (χ2v) is 8.51. The van der Waals surface area contributed by atoms with Crippen LogP contribution in [-0.2, 0) is 11.3 Å². The lowest BCUT2D eigenvalue weighted by atomic mass is 10.1. The lowest BCUT2D eigenvalue weighted by Gasteiger charge is -2.07. The first-order valence-corrected chi connectivity index (χ1v) is 10.4. The molecule has 29 heavy (non-hydrogen) atoms. The summed E-state index contributed by atoms with van der Waals surface area (Å²) in [6.45, 7) is -0.328. The van der Waals surface area contributed by atoms with E-state index in [9.17, 15) is 14.7 Å². The van der Waals surface area contributed by atoms with Crippen molar-refractivity contribution < 1.29 is 9.90 Å². The van der Waals surface area contributed by atoms with Gasteiger partial charge in [0.15, 0.2) is 0 Å². The summed E-state index contributed by atoms with van der Waals surface area (Å²) >= 11 is 10.3. The summed E-state index contributed by atoms with van der Waals surface area (Å²) in [6, 6.07) is 12.5. The SMILES string of the molecule is O=C(Cn1c(O)c(C=C2C=Nc3ccc(Br)cc32)sc1=O)Nc1ccccc1Cl. The number of nitrogens with one attached hydrogen (secondary N) is 1. The molecule has 0 aliphatic carbocycles. The van der Waals surface area contributed by atoms with E-state index in [1.54, 1.807) is 36.6 Å². The topological polar surface area (TPSA) is 83.7 Å². The molecule has 2 aromatic carbocycles. The zero-order chi connectivity index (χ0) is 20.5. The molecule has 4 rings (SSSR count). The van der Waals surface area contributed by atoms with E-state index in [-0.39, 0.29) is 12.4 Å². The van der Waals surface area contributed by atoms with E-state index in [0.29, 0.717) is 15.6 Å². The highest BCUT2D eigenvalue weighted by Gasteiger charge is 2.18. The molecule has 3 aromatic rings. The Morgan fingerprint density at radius 2 is 2.10 bits per heavy atom. The van der Waals surface area contributed by atoms with Gasteiger partial charge in [0.05, 0.1) is 21.3 Å². The van der Waals surface area contributed by atoms with E-state index in [4.69, 9.17) is 11.6 Å². The van der Waals surface area contributed by atoms with Crippen molar-refractivity contribution in [2.45, 2.75) is 6.54 Å². The van der Waals surface area contributed by atoms with Crippen molar-refractivity contribution in [1.82, 2.24) is 4.57 Å². The van der Waals surface area contributed by atoms with Crippen LogP contribution in [0.2, 0.25) is 5.02 Å². The fourth-order valence-electron chi connectivity index (χ4n) is 2.86. The summed E-state index contributed by atoms with van der Waals surface area (Å²) in [5.41, 5.74) is 2.91. The summed E-state index contributed by atoms with van der Waals surface area (Å²) in [5.74, 6) is -0.733. The van der Waals surface area contributed by atoms with Crippen LogP contribution in [0.25, 0.3) is 11.6 Å². The molecule has 0 saturated heterocycles. The molecule has 0 bridgehead atoms. The lowest BCUT2D eigenvalue weighted by molar-refractivity contribution is -0.116. The number of carbonyl (C=O) groups excluding carboxylic acids is 1. The number of allylic oxidation sites excluding steroid dienone is 1. The Morgan fingerprint density at radius 1 is 1.31 bits per heavy atom. The van der Waals surface area contributed by atoms with Crippen LogP contribution in [-0.4, -0.2) is 21.8 Å². The molecule has 9 heteroatoms. The summed E-state index contributed by atoms with van der Waals surface area (Å²) in [4.78, 5) is 28.9. The molecule has 0 radical (unpaired) electrons. The minimum Gasteiger partial charge on any atom is -0.493 e. The van der Waals surface area contributed by atoms with Gasteiger partial charge in [-0.1, -0.05) is 51.0 Å². The van der Waals surface area contributed by atoms with E-state index < -0.39 is 10.8 Å². The minimum atomic E-state index is -0.468. The first kappa shape index (κ1) is 19.6. The second-order valence-electron chi connectivity index (χ2n) is 6.19. The van der Waals surface area contributed by atoms with Crippen molar-refractivity contribution in [2.75, 3.05) is 5.32 Å². The molecule has 1 aliphatic rings. The van der Waals surface area contributed by atoms with Crippen LogP contribution in [0.5, 0.6) is 5.88 Å². The van der Waals surface area contributed by atoms with Gasteiger partial charge in [0.25, 0.3) is 0 Å². The molecule has 6 nitrogen and oxygen atoms in total. The normalized spacial score (nSPS) is 13.7. The van der Waals surface area contributed by atoms with E-state index in [1.165, 1.54) is 0 Å². The Hall–Kier alpha value is -2.68. The van der Waals surface area contributed by atoms with Crippen LogP contribution >= 0.6 is 38.9 Å². The predicted octanol–water partition coefficient (Wildman–Crippen LogP) is 4.93. The molecule has 1 amide bonds. The van der Waals surface area contributed by atoms with Gasteiger partial charge in [0.2, 0.25) is 11.8 Å². The number of halogens is 2. The average Bonchev–Trinajstić information content (AvgIpc) is 3.19. The van der Waals surface area contributed by atoms with Gasteiger partial charge in [-0.15, -0.1) is 0 Å². The molecule has 2 heterocycles. The number of aliphatic imine (C=N–C) groups is 1. The molecule has 0 atom stereocenters. The van der Waals surface area contributed by atoms with Crippen molar-refractivity contribution in [3.05, 3.63) is 72.1 Å². The zero-order valence-electron chi connectivity index (χ0n) is 14.7. The Bertz CT molecular complexity index is 1250. The van der Waals surface area contributed by atoms with E-state index in [1.807, 2.05) is 18.2 Å². The van der Waals surface area contributed by atoms with Crippen LogP contribution in [0.1, 0.15) is 10.4 Å². The van der Waals surface area contributed by atoms with E-state index in [0.717, 1.165) is 37.2 Å². The number of aromatic nitrogens is 1. The number of para-hydroxylation sites is 1. The van der Waals surface area contributed by atoms with Gasteiger partial charge in [-0.05, 0) is 36.4 Å². The molecular weight excluding hydrogens is 478 g/mol. The van der Waals surface area contributed by atoms with Gasteiger partial charge in [0.1, 0.15) is 6.54 Å². The number of amides is 1. The highest BCUT2D eigenvalue weighted by molar-refractivity contribution is 9.10. The molecule has 2 N–H and O–H groups in total. The Balaban J connectivity index is 1.59. The smallest absolute Gasteiger partial charge is 0.311 e. The molecule has 1 aromatic heterocycles. The third-order valence-electron chi connectivity index (χ3n) is 4.24. The van der Waals surface area contributed by atoms with Gasteiger partial charge < -0.3 is 10.4 Å². The highest BCUT2D eigenvalue weighted by Crippen LogP contribution is 2.36. The number of carbonyl (C=O) groups is 1. The number of hydrogen-bond donors (Lipinski definition) is 2. The minimum absolute atomic E-state index is 0.265. The van der Waals surface area contributed by atoms with Crippen molar-refractivity contribution in [2.24, 2.45) is 4.99 Å². The maximum absolute atomic E-state index is 12.3. The number of fused-ring (bicyclic) bond motifs is 1. The second kappa shape index (κ2) is 7.98. The Morgan fingerprint density at radius 3 is 2.90 bits per heavy atom. The first-order valence-electron chi connectivity index (χ1n) is 8.45. The monoisotopic (exact) mass is 489 g/mol. The van der Waals surface area contributed by atoms with Gasteiger partial charge in [-0.2, -0.15) is 0 Å². The van der Waals surface area contributed by atoms with Gasteiger partial charge >= 0.3 is 4.87 Å². The van der Waals surface area contributed by atoms with Crippen LogP contribution < -0.4 is 10.2 Å². The number of hydrogen-bond acceptors (Lipinski definition) is 5. The standard InChI is InChI=1S/C20H13BrClN3O3S/c21-12-5-6-15-13(8-12)11(9-23-15)7-17-19(27)25(20(28)29-17)10-18(26)24-16-4-2-1-3-14(16)22/h1-9,27H,10H2,(H,24,26). The quantitative estimate of drug-likeness (QED) is 0.544. The number of rotatable bonds is 4. The van der Waals surface area contributed by atoms with Crippen LogP contribution in [0.3, 0.4) is 0 Å². The maximum atomic E-state index is 12.3. The summed E-state index contributed by atoms with van der Waals surface area (Å²) < 4.78 is 1.93. The number of aromatic hydroxyl groups is 1. The van der Waals surface area contributed by atoms with Crippen molar-refractivity contribution in [3.63, 3.8) is 0 Å². The van der Waals surface area contributed by atoms with Gasteiger partial charge in [-0.3, -0.25) is 19.1 Å². The molecule has 0 spiro atoms. The maximum Gasteiger partial charge on any atom is 0.311 e. The molecular formula is C20H13BrClN3O3S. The summed E-state index contributed by atoms with van der Waals surface area (Å²) in [6.07, 6.45) is 3.36. The zero-order valence-corrected chi connectivity index (χ0v) is 17.9. The average molecular weight is 491 g/mol. The number of thiazole rings is 1. The van der Waals surface area contributed by atoms with Crippen LogP contribution in [0.15, 0.2) is 56.7 Å². The third-order valence-corrected chi connectivity index (χ3v) is 5.98. The van der Waals surface area contributed by atoms with E-state index >= 15 is 0 Å². The Kier molecular flexibility index (Phi) is 5.40.